The summed E-state index contributed by atoms with van der Waals surface area (Å²) in [5.74, 6) is 0.263. The van der Waals surface area contributed by atoms with Crippen molar-refractivity contribution in [3.63, 3.8) is 0 Å². The summed E-state index contributed by atoms with van der Waals surface area (Å²) in [5, 5.41) is 3.60. The van der Waals surface area contributed by atoms with Gasteiger partial charge < -0.3 is 5.32 Å². The normalized spacial score (nSPS) is 11.8. The number of halogens is 1. The quantitative estimate of drug-likeness (QED) is 0.365. The summed E-state index contributed by atoms with van der Waals surface area (Å²) in [6.07, 6.45) is 0. The van der Waals surface area contributed by atoms with Crippen molar-refractivity contribution >= 4 is 61.0 Å². The molecule has 0 unspecified atom stereocenters. The molecule has 0 atom stereocenters. The number of hydrogen-bond acceptors (Lipinski definition) is 6. The van der Waals surface area contributed by atoms with Gasteiger partial charge in [-0.1, -0.05) is 17.7 Å². The fourth-order valence-electron chi connectivity index (χ4n) is 3.84. The third kappa shape index (κ3) is 4.22. The molecule has 0 saturated heterocycles. The molecule has 2 N–H and O–H groups in total. The van der Waals surface area contributed by atoms with Crippen LogP contribution in [0.1, 0.15) is 5.56 Å². The van der Waals surface area contributed by atoms with Gasteiger partial charge in [0.05, 0.1) is 27.0 Å². The second-order valence-electron chi connectivity index (χ2n) is 8.20. The van der Waals surface area contributed by atoms with Crippen molar-refractivity contribution in [1.82, 2.24) is 19.1 Å². The second-order valence-corrected chi connectivity index (χ2v) is 10.3. The van der Waals surface area contributed by atoms with Gasteiger partial charge in [0.2, 0.25) is 0 Å². The SMILES string of the molecule is Cc1ccc2nc(NS(=O)(=O)c3ccc(Cl)cc3)c(Nc3ccc4c(c3)n(C)c(=O)n4C)nc2c1. The molecule has 5 aromatic rings. The minimum absolute atomic E-state index is 0.0401. The lowest BCUT2D eigenvalue weighted by molar-refractivity contribution is 0.601. The van der Waals surface area contributed by atoms with Gasteiger partial charge in [-0.15, -0.1) is 0 Å². The van der Waals surface area contributed by atoms with E-state index in [1.54, 1.807) is 41.4 Å². The number of fused-ring (bicyclic) bond motifs is 2. The van der Waals surface area contributed by atoms with Gasteiger partial charge in [0.25, 0.3) is 10.0 Å². The molecule has 11 heteroatoms. The van der Waals surface area contributed by atoms with Crippen molar-refractivity contribution in [2.75, 3.05) is 10.0 Å². The van der Waals surface area contributed by atoms with Gasteiger partial charge in [0.15, 0.2) is 11.6 Å². The standard InChI is InChI=1S/C24H21ClN6O3S/c1-14-4-10-18-19(12-14)28-22(23(27-18)29-35(33,34)17-8-5-15(25)6-9-17)26-16-7-11-20-21(13-16)31(3)24(32)30(20)2/h4-13H,1-3H3,(H,26,28)(H,27,29). The highest BCUT2D eigenvalue weighted by Gasteiger charge is 2.19. The monoisotopic (exact) mass is 508 g/mol. The lowest BCUT2D eigenvalue weighted by atomic mass is 10.2. The third-order valence-corrected chi connectivity index (χ3v) is 7.32. The fourth-order valence-corrected chi connectivity index (χ4v) is 4.98. The van der Waals surface area contributed by atoms with E-state index >= 15 is 0 Å². The Morgan fingerprint density at radius 2 is 1.51 bits per heavy atom. The van der Waals surface area contributed by atoms with Crippen molar-refractivity contribution in [2.24, 2.45) is 14.1 Å². The lowest BCUT2D eigenvalue weighted by Gasteiger charge is -2.14. The Hall–Kier alpha value is -3.89. The second kappa shape index (κ2) is 8.40. The Kier molecular flexibility index (Phi) is 5.49. The lowest BCUT2D eigenvalue weighted by Crippen LogP contribution is -2.19. The number of rotatable bonds is 5. The number of sulfonamides is 1. The molecule has 35 heavy (non-hydrogen) atoms. The van der Waals surface area contributed by atoms with Crippen molar-refractivity contribution in [3.8, 4) is 0 Å². The Labute approximate surface area is 206 Å². The van der Waals surface area contributed by atoms with Crippen molar-refractivity contribution in [1.29, 1.82) is 0 Å². The Morgan fingerprint density at radius 1 is 0.829 bits per heavy atom. The maximum atomic E-state index is 13.1. The first-order chi connectivity index (χ1) is 16.6. The van der Waals surface area contributed by atoms with Crippen LogP contribution in [0.5, 0.6) is 0 Å². The molecule has 0 aliphatic carbocycles. The first kappa shape index (κ1) is 22.9. The number of benzene rings is 3. The molecule has 3 aromatic carbocycles. The summed E-state index contributed by atoms with van der Waals surface area (Å²) < 4.78 is 31.8. The predicted octanol–water partition coefficient (Wildman–Crippen LogP) is 4.33. The molecule has 2 aromatic heterocycles. The number of nitrogens with zero attached hydrogens (tertiary/aromatic N) is 4. The molecular weight excluding hydrogens is 488 g/mol. The molecule has 2 heterocycles. The molecule has 5 rings (SSSR count). The van der Waals surface area contributed by atoms with Gasteiger partial charge in [-0.3, -0.25) is 13.9 Å². The number of imidazole rings is 1. The maximum Gasteiger partial charge on any atom is 0.328 e. The zero-order valence-corrected chi connectivity index (χ0v) is 20.6. The van der Waals surface area contributed by atoms with Crippen molar-refractivity contribution in [3.05, 3.63) is 81.7 Å². The topological polar surface area (TPSA) is 111 Å². The van der Waals surface area contributed by atoms with E-state index in [0.717, 1.165) is 16.6 Å². The van der Waals surface area contributed by atoms with E-state index in [4.69, 9.17) is 11.6 Å². The Morgan fingerprint density at radius 3 is 2.26 bits per heavy atom. The highest BCUT2D eigenvalue weighted by molar-refractivity contribution is 7.92. The molecule has 0 spiro atoms. The summed E-state index contributed by atoms with van der Waals surface area (Å²) in [6, 6.07) is 16.8. The zero-order chi connectivity index (χ0) is 24.9. The van der Waals surface area contributed by atoms with Crippen LogP contribution in [0.15, 0.2) is 70.4 Å². The minimum atomic E-state index is -3.97. The molecule has 0 radical (unpaired) electrons. The van der Waals surface area contributed by atoms with E-state index in [-0.39, 0.29) is 22.2 Å². The van der Waals surface area contributed by atoms with Crippen LogP contribution in [0.4, 0.5) is 17.3 Å². The zero-order valence-electron chi connectivity index (χ0n) is 19.1. The molecule has 9 nitrogen and oxygen atoms in total. The summed E-state index contributed by atoms with van der Waals surface area (Å²) in [6.45, 7) is 1.94. The molecule has 0 amide bonds. The number of aromatic nitrogens is 4. The Bertz CT molecular complexity index is 1780. The highest BCUT2D eigenvalue weighted by atomic mass is 35.5. The summed E-state index contributed by atoms with van der Waals surface area (Å²) >= 11 is 5.91. The van der Waals surface area contributed by atoms with E-state index < -0.39 is 10.0 Å². The van der Waals surface area contributed by atoms with Gasteiger partial charge in [-0.25, -0.2) is 23.2 Å². The first-order valence-corrected chi connectivity index (χ1v) is 12.5. The average Bonchev–Trinajstić information content (AvgIpc) is 3.03. The van der Waals surface area contributed by atoms with E-state index in [2.05, 4.69) is 20.0 Å². The molecule has 0 bridgehead atoms. The molecule has 0 saturated carbocycles. The first-order valence-electron chi connectivity index (χ1n) is 10.6. The van der Waals surface area contributed by atoms with Gasteiger partial charge in [-0.2, -0.15) is 0 Å². The fraction of sp³-hybridized carbons (Fsp3) is 0.125. The average molecular weight is 509 g/mol. The molecule has 0 aliphatic rings. The van der Waals surface area contributed by atoms with Crippen LogP contribution in [0.25, 0.3) is 22.1 Å². The smallest absolute Gasteiger partial charge is 0.328 e. The summed E-state index contributed by atoms with van der Waals surface area (Å²) in [5.41, 5.74) is 4.10. The molecule has 0 aliphatic heterocycles. The largest absolute Gasteiger partial charge is 0.337 e. The number of nitrogens with one attached hydrogen (secondary N) is 2. The van der Waals surface area contributed by atoms with Crippen LogP contribution >= 0.6 is 11.6 Å². The van der Waals surface area contributed by atoms with Crippen molar-refractivity contribution < 1.29 is 8.42 Å². The van der Waals surface area contributed by atoms with Crippen LogP contribution in [0, 0.1) is 6.92 Å². The summed E-state index contributed by atoms with van der Waals surface area (Å²) in [4.78, 5) is 21.5. The van der Waals surface area contributed by atoms with Crippen LogP contribution in [0.2, 0.25) is 5.02 Å². The summed E-state index contributed by atoms with van der Waals surface area (Å²) in [7, 11) is -0.565. The van der Waals surface area contributed by atoms with Crippen molar-refractivity contribution in [2.45, 2.75) is 11.8 Å². The Balaban J connectivity index is 1.61. The van der Waals surface area contributed by atoms with Crippen LogP contribution in [0.3, 0.4) is 0 Å². The third-order valence-electron chi connectivity index (χ3n) is 5.71. The predicted molar refractivity (Wildman–Crippen MR) is 138 cm³/mol. The van der Waals surface area contributed by atoms with Crippen LogP contribution in [-0.4, -0.2) is 27.5 Å². The van der Waals surface area contributed by atoms with Gasteiger partial charge >= 0.3 is 5.69 Å². The highest BCUT2D eigenvalue weighted by Crippen LogP contribution is 2.29. The van der Waals surface area contributed by atoms with E-state index in [1.807, 2.05) is 25.1 Å². The number of anilines is 3. The van der Waals surface area contributed by atoms with Crippen LogP contribution in [-0.2, 0) is 24.1 Å². The molecule has 178 valence electrons. The minimum Gasteiger partial charge on any atom is -0.337 e. The number of hydrogen-bond donors (Lipinski definition) is 2. The van der Waals surface area contributed by atoms with E-state index in [9.17, 15) is 13.2 Å². The maximum absolute atomic E-state index is 13.1. The molecule has 0 fully saturated rings. The molecular formula is C24H21ClN6O3S. The van der Waals surface area contributed by atoms with E-state index in [1.165, 1.54) is 24.3 Å². The van der Waals surface area contributed by atoms with Crippen LogP contribution < -0.4 is 15.7 Å². The van der Waals surface area contributed by atoms with Gasteiger partial charge in [0, 0.05) is 24.8 Å². The van der Waals surface area contributed by atoms with Gasteiger partial charge in [-0.05, 0) is 67.1 Å². The number of aryl methyl sites for hydroxylation is 3. The van der Waals surface area contributed by atoms with E-state index in [0.29, 0.717) is 21.7 Å². The van der Waals surface area contributed by atoms with Gasteiger partial charge in [0.1, 0.15) is 0 Å².